The molecule has 1 saturated carbocycles. The largest absolute Gasteiger partial charge is 0.310 e. The van der Waals surface area contributed by atoms with Gasteiger partial charge >= 0.3 is 0 Å². The molecule has 0 heterocycles. The van der Waals surface area contributed by atoms with E-state index in [0.29, 0.717) is 0 Å². The van der Waals surface area contributed by atoms with E-state index in [0.717, 1.165) is 18.5 Å². The summed E-state index contributed by atoms with van der Waals surface area (Å²) in [5.41, 5.74) is 1.59. The Kier molecular flexibility index (Phi) is 5.49. The molecule has 1 N–H and O–H groups in total. The van der Waals surface area contributed by atoms with E-state index >= 15 is 0 Å². The minimum Gasteiger partial charge on any atom is -0.310 e. The lowest BCUT2D eigenvalue weighted by atomic mass is 9.84. The van der Waals surface area contributed by atoms with Crippen LogP contribution in [0.25, 0.3) is 0 Å². The molecule has 0 aromatic rings. The van der Waals surface area contributed by atoms with Crippen LogP contribution in [0.5, 0.6) is 0 Å². The maximum absolute atomic E-state index is 5.44. The zero-order valence-electron chi connectivity index (χ0n) is 8.43. The van der Waals surface area contributed by atoms with Crippen molar-refractivity contribution in [2.24, 2.45) is 5.92 Å². The normalized spacial score (nSPS) is 29.7. The first-order valence-electron chi connectivity index (χ1n) is 5.35. The second kappa shape index (κ2) is 6.44. The molecule has 0 spiro atoms. The maximum atomic E-state index is 5.44. The Labute approximate surface area is 86.5 Å². The van der Waals surface area contributed by atoms with Crippen molar-refractivity contribution in [1.82, 2.24) is 5.32 Å². The standard InChI is InChI=1S/C11H20ClN/c1-2-10-4-6-11(7-5-10)13-9-3-8-12/h3,8,10-11,13H,2,4-7,9H2,1H3/b8-3+. The molecule has 2 heteroatoms. The van der Waals surface area contributed by atoms with Gasteiger partial charge in [0.05, 0.1) is 0 Å². The molecule has 0 bridgehead atoms. The molecule has 0 aromatic carbocycles. The van der Waals surface area contributed by atoms with E-state index in [1.807, 2.05) is 6.08 Å². The molecule has 13 heavy (non-hydrogen) atoms. The van der Waals surface area contributed by atoms with Gasteiger partial charge in [-0.2, -0.15) is 0 Å². The van der Waals surface area contributed by atoms with E-state index < -0.39 is 0 Å². The summed E-state index contributed by atoms with van der Waals surface area (Å²) in [7, 11) is 0. The van der Waals surface area contributed by atoms with Crippen molar-refractivity contribution in [2.45, 2.75) is 45.1 Å². The second-order valence-corrected chi connectivity index (χ2v) is 4.15. The third-order valence-corrected chi connectivity index (χ3v) is 3.22. The number of hydrogen-bond acceptors (Lipinski definition) is 1. The third kappa shape index (κ3) is 4.15. The Balaban J connectivity index is 2.10. The minimum atomic E-state index is 0.732. The van der Waals surface area contributed by atoms with Crippen LogP contribution < -0.4 is 5.32 Å². The number of halogens is 1. The van der Waals surface area contributed by atoms with Crippen molar-refractivity contribution in [3.05, 3.63) is 11.6 Å². The minimum absolute atomic E-state index is 0.732. The van der Waals surface area contributed by atoms with Crippen LogP contribution in [0, 0.1) is 5.92 Å². The lowest BCUT2D eigenvalue weighted by molar-refractivity contribution is 0.291. The van der Waals surface area contributed by atoms with Crippen LogP contribution in [0.2, 0.25) is 0 Å². The highest BCUT2D eigenvalue weighted by molar-refractivity contribution is 6.25. The fourth-order valence-electron chi connectivity index (χ4n) is 2.05. The van der Waals surface area contributed by atoms with Crippen LogP contribution in [0.4, 0.5) is 0 Å². The molecular formula is C11H20ClN. The Morgan fingerprint density at radius 2 is 2.00 bits per heavy atom. The monoisotopic (exact) mass is 201 g/mol. The Bertz CT molecular complexity index is 148. The third-order valence-electron chi connectivity index (χ3n) is 3.04. The van der Waals surface area contributed by atoms with E-state index in [1.54, 1.807) is 5.54 Å². The molecule has 0 aromatic heterocycles. The van der Waals surface area contributed by atoms with Crippen molar-refractivity contribution in [2.75, 3.05) is 6.54 Å². The van der Waals surface area contributed by atoms with Gasteiger partial charge in [-0.3, -0.25) is 0 Å². The number of nitrogens with one attached hydrogen (secondary N) is 1. The lowest BCUT2D eigenvalue weighted by Gasteiger charge is -2.28. The zero-order chi connectivity index (χ0) is 9.52. The van der Waals surface area contributed by atoms with Gasteiger partial charge in [-0.25, -0.2) is 0 Å². The van der Waals surface area contributed by atoms with E-state index in [4.69, 9.17) is 11.6 Å². The predicted octanol–water partition coefficient (Wildman–Crippen LogP) is 3.30. The summed E-state index contributed by atoms with van der Waals surface area (Å²) in [6.45, 7) is 3.22. The highest BCUT2D eigenvalue weighted by Gasteiger charge is 2.18. The average molecular weight is 202 g/mol. The second-order valence-electron chi connectivity index (χ2n) is 3.90. The van der Waals surface area contributed by atoms with Gasteiger partial charge in [0.2, 0.25) is 0 Å². The molecular weight excluding hydrogens is 182 g/mol. The predicted molar refractivity (Wildman–Crippen MR) is 59.0 cm³/mol. The van der Waals surface area contributed by atoms with Gasteiger partial charge in [0.25, 0.3) is 0 Å². The van der Waals surface area contributed by atoms with Crippen molar-refractivity contribution >= 4 is 11.6 Å². The van der Waals surface area contributed by atoms with Crippen LogP contribution >= 0.6 is 11.6 Å². The molecule has 0 radical (unpaired) electrons. The van der Waals surface area contributed by atoms with Crippen LogP contribution in [-0.2, 0) is 0 Å². The average Bonchev–Trinajstić information content (AvgIpc) is 2.19. The number of hydrogen-bond donors (Lipinski definition) is 1. The molecule has 0 unspecified atom stereocenters. The van der Waals surface area contributed by atoms with Crippen molar-refractivity contribution in [3.8, 4) is 0 Å². The van der Waals surface area contributed by atoms with E-state index in [-0.39, 0.29) is 0 Å². The summed E-state index contributed by atoms with van der Waals surface area (Å²) in [6, 6.07) is 0.732. The van der Waals surface area contributed by atoms with Gasteiger partial charge in [0.15, 0.2) is 0 Å². The van der Waals surface area contributed by atoms with Crippen LogP contribution in [0.15, 0.2) is 11.6 Å². The summed E-state index contributed by atoms with van der Waals surface area (Å²) >= 11 is 5.44. The molecule has 0 aliphatic heterocycles. The fourth-order valence-corrected chi connectivity index (χ4v) is 2.14. The van der Waals surface area contributed by atoms with Crippen molar-refractivity contribution in [1.29, 1.82) is 0 Å². The van der Waals surface area contributed by atoms with Crippen LogP contribution in [0.1, 0.15) is 39.0 Å². The van der Waals surface area contributed by atoms with Crippen molar-refractivity contribution < 1.29 is 0 Å². The first kappa shape index (κ1) is 11.1. The van der Waals surface area contributed by atoms with E-state index in [2.05, 4.69) is 12.2 Å². The van der Waals surface area contributed by atoms with Gasteiger partial charge in [-0.15, -0.1) is 0 Å². The molecule has 76 valence electrons. The molecule has 0 saturated heterocycles. The van der Waals surface area contributed by atoms with Crippen LogP contribution in [0.3, 0.4) is 0 Å². The SMILES string of the molecule is CCC1CCC(NC/C=C/Cl)CC1. The van der Waals surface area contributed by atoms with Crippen molar-refractivity contribution in [3.63, 3.8) is 0 Å². The number of rotatable bonds is 4. The molecule has 1 rings (SSSR count). The molecule has 1 aliphatic rings. The topological polar surface area (TPSA) is 12.0 Å². The maximum Gasteiger partial charge on any atom is 0.0149 e. The zero-order valence-corrected chi connectivity index (χ0v) is 9.19. The summed E-state index contributed by atoms with van der Waals surface area (Å²) < 4.78 is 0. The van der Waals surface area contributed by atoms with E-state index in [9.17, 15) is 0 Å². The quantitative estimate of drug-likeness (QED) is 0.736. The first-order valence-corrected chi connectivity index (χ1v) is 5.79. The smallest absolute Gasteiger partial charge is 0.0149 e. The fraction of sp³-hybridized carbons (Fsp3) is 0.818. The van der Waals surface area contributed by atoms with Gasteiger partial charge < -0.3 is 5.32 Å². The van der Waals surface area contributed by atoms with Gasteiger partial charge in [0.1, 0.15) is 0 Å². The Morgan fingerprint density at radius 3 is 2.54 bits per heavy atom. The molecule has 0 amide bonds. The van der Waals surface area contributed by atoms with E-state index in [1.165, 1.54) is 32.1 Å². The Hall–Kier alpha value is -0.0100. The van der Waals surface area contributed by atoms with Gasteiger partial charge in [0, 0.05) is 18.1 Å². The van der Waals surface area contributed by atoms with Gasteiger partial charge in [-0.1, -0.05) is 31.0 Å². The summed E-state index contributed by atoms with van der Waals surface area (Å²) in [6.07, 6.45) is 8.81. The summed E-state index contributed by atoms with van der Waals surface area (Å²) in [5.74, 6) is 0.988. The summed E-state index contributed by atoms with van der Waals surface area (Å²) in [5, 5.41) is 3.50. The lowest BCUT2D eigenvalue weighted by Crippen LogP contribution is -2.33. The van der Waals surface area contributed by atoms with Gasteiger partial charge in [-0.05, 0) is 31.6 Å². The molecule has 0 atom stereocenters. The summed E-state index contributed by atoms with van der Waals surface area (Å²) in [4.78, 5) is 0. The highest BCUT2D eigenvalue weighted by atomic mass is 35.5. The van der Waals surface area contributed by atoms with Crippen LogP contribution in [-0.4, -0.2) is 12.6 Å². The molecule has 1 nitrogen and oxygen atoms in total. The molecule has 1 aliphatic carbocycles. The first-order chi connectivity index (χ1) is 6.36. The Morgan fingerprint density at radius 1 is 1.31 bits per heavy atom. The molecule has 1 fully saturated rings. The highest BCUT2D eigenvalue weighted by Crippen LogP contribution is 2.26.